The van der Waals surface area contributed by atoms with Crippen molar-refractivity contribution in [2.24, 2.45) is 0 Å². The quantitative estimate of drug-likeness (QED) is 0.448. The molecule has 1 unspecified atom stereocenters. The Morgan fingerprint density at radius 1 is 1.21 bits per heavy atom. The van der Waals surface area contributed by atoms with E-state index in [0.29, 0.717) is 48.4 Å². The molecule has 2 N–H and O–H groups in total. The molecule has 0 bridgehead atoms. The molecule has 1 aliphatic rings. The number of nitrogens with zero attached hydrogens (tertiary/aromatic N) is 3. The first-order valence-electron chi connectivity index (χ1n) is 11.0. The van der Waals surface area contributed by atoms with Crippen LogP contribution in [0.1, 0.15) is 28.9 Å². The van der Waals surface area contributed by atoms with Gasteiger partial charge in [-0.05, 0) is 42.8 Å². The Morgan fingerprint density at radius 2 is 1.97 bits per heavy atom. The number of anilines is 1. The largest absolute Gasteiger partial charge is 0.477 e. The van der Waals surface area contributed by atoms with Crippen molar-refractivity contribution < 1.29 is 18.7 Å². The van der Waals surface area contributed by atoms with Crippen LogP contribution in [0.25, 0.3) is 21.9 Å². The molecule has 0 spiro atoms. The van der Waals surface area contributed by atoms with Crippen molar-refractivity contribution >= 4 is 33.6 Å². The SMILES string of the molecule is CCn1cc(C(=O)O)c(=O)c2cc3cc(F)c(N4CCNC(c5ccc(F)cc5)C4)cc3nc21. The van der Waals surface area contributed by atoms with Gasteiger partial charge < -0.3 is 19.9 Å². The zero-order valence-corrected chi connectivity index (χ0v) is 18.4. The van der Waals surface area contributed by atoms with Gasteiger partial charge >= 0.3 is 5.97 Å². The van der Waals surface area contributed by atoms with Crippen molar-refractivity contribution in [1.82, 2.24) is 14.9 Å². The van der Waals surface area contributed by atoms with Gasteiger partial charge in [0.1, 0.15) is 22.8 Å². The number of benzene rings is 2. The number of hydrogen-bond donors (Lipinski definition) is 2. The van der Waals surface area contributed by atoms with E-state index in [4.69, 9.17) is 0 Å². The van der Waals surface area contributed by atoms with Gasteiger partial charge in [-0.25, -0.2) is 18.6 Å². The maximum atomic E-state index is 15.2. The summed E-state index contributed by atoms with van der Waals surface area (Å²) in [6.07, 6.45) is 1.29. The number of hydrogen-bond acceptors (Lipinski definition) is 5. The molecule has 2 aromatic carbocycles. The normalized spacial score (nSPS) is 16.3. The molecule has 1 atom stereocenters. The number of halogens is 2. The molecule has 5 rings (SSSR count). The topological polar surface area (TPSA) is 87.5 Å². The van der Waals surface area contributed by atoms with Crippen molar-refractivity contribution in [2.45, 2.75) is 19.5 Å². The minimum absolute atomic E-state index is 0.0891. The first kappa shape index (κ1) is 22.0. The molecule has 7 nitrogen and oxygen atoms in total. The average Bonchev–Trinajstić information content (AvgIpc) is 2.83. The van der Waals surface area contributed by atoms with Gasteiger partial charge in [0.05, 0.1) is 16.6 Å². The van der Waals surface area contributed by atoms with Gasteiger partial charge in [-0.15, -0.1) is 0 Å². The number of aromatic carboxylic acids is 1. The van der Waals surface area contributed by atoms with Crippen LogP contribution in [0.4, 0.5) is 14.5 Å². The zero-order valence-electron chi connectivity index (χ0n) is 18.4. The fourth-order valence-electron chi connectivity index (χ4n) is 4.50. The van der Waals surface area contributed by atoms with Gasteiger partial charge in [-0.3, -0.25) is 4.79 Å². The van der Waals surface area contributed by atoms with E-state index in [0.717, 1.165) is 5.56 Å². The molecule has 174 valence electrons. The van der Waals surface area contributed by atoms with E-state index in [2.05, 4.69) is 10.3 Å². The molecule has 0 aliphatic carbocycles. The lowest BCUT2D eigenvalue weighted by Gasteiger charge is -2.35. The van der Waals surface area contributed by atoms with Gasteiger partial charge in [-0.2, -0.15) is 0 Å². The summed E-state index contributed by atoms with van der Waals surface area (Å²) in [6, 6.07) is 10.7. The van der Waals surface area contributed by atoms with Gasteiger partial charge in [0.25, 0.3) is 0 Å². The monoisotopic (exact) mass is 464 g/mol. The molecule has 34 heavy (non-hydrogen) atoms. The molecule has 4 aromatic rings. The Kier molecular flexibility index (Phi) is 5.49. The summed E-state index contributed by atoms with van der Waals surface area (Å²) < 4.78 is 30.1. The molecule has 3 heterocycles. The summed E-state index contributed by atoms with van der Waals surface area (Å²) in [5.41, 5.74) is 1.17. The number of pyridine rings is 2. The molecule has 0 amide bonds. The van der Waals surface area contributed by atoms with Gasteiger partial charge in [0, 0.05) is 43.8 Å². The third kappa shape index (κ3) is 3.77. The lowest BCUT2D eigenvalue weighted by Crippen LogP contribution is -2.46. The van der Waals surface area contributed by atoms with Crippen LogP contribution in [0.15, 0.2) is 53.5 Å². The first-order chi connectivity index (χ1) is 16.4. The van der Waals surface area contributed by atoms with E-state index in [-0.39, 0.29) is 22.8 Å². The Hall–Kier alpha value is -3.85. The fraction of sp³-hybridized carbons (Fsp3) is 0.240. The number of rotatable bonds is 4. The van der Waals surface area contributed by atoms with Crippen LogP contribution in [-0.2, 0) is 6.54 Å². The van der Waals surface area contributed by atoms with Crippen LogP contribution < -0.4 is 15.6 Å². The van der Waals surface area contributed by atoms with Crippen molar-refractivity contribution in [2.75, 3.05) is 24.5 Å². The van der Waals surface area contributed by atoms with E-state index in [1.54, 1.807) is 22.8 Å². The highest BCUT2D eigenvalue weighted by Gasteiger charge is 2.24. The third-order valence-electron chi connectivity index (χ3n) is 6.27. The van der Waals surface area contributed by atoms with Crippen LogP contribution in [0.2, 0.25) is 0 Å². The van der Waals surface area contributed by atoms with Gasteiger partial charge in [0.15, 0.2) is 0 Å². The molecule has 1 saturated heterocycles. The number of nitrogens with one attached hydrogen (secondary N) is 1. The predicted molar refractivity (Wildman–Crippen MR) is 125 cm³/mol. The number of carboxylic acid groups (broad SMARTS) is 1. The Bertz CT molecular complexity index is 1480. The smallest absolute Gasteiger partial charge is 0.341 e. The highest BCUT2D eigenvalue weighted by molar-refractivity contribution is 5.96. The number of carbonyl (C=O) groups is 1. The molecule has 1 fully saturated rings. The fourth-order valence-corrected chi connectivity index (χ4v) is 4.50. The third-order valence-corrected chi connectivity index (χ3v) is 6.27. The molecular weight excluding hydrogens is 442 g/mol. The van der Waals surface area contributed by atoms with Gasteiger partial charge in [0.2, 0.25) is 5.43 Å². The van der Waals surface area contributed by atoms with Crippen molar-refractivity contribution in [3.05, 3.63) is 81.6 Å². The van der Waals surface area contributed by atoms with Crippen LogP contribution >= 0.6 is 0 Å². The molecule has 1 aliphatic heterocycles. The Labute approximate surface area is 193 Å². The summed E-state index contributed by atoms with van der Waals surface area (Å²) >= 11 is 0. The van der Waals surface area contributed by atoms with Gasteiger partial charge in [-0.1, -0.05) is 12.1 Å². The molecule has 2 aromatic heterocycles. The Balaban J connectivity index is 1.58. The van der Waals surface area contributed by atoms with E-state index in [1.807, 2.05) is 11.8 Å². The van der Waals surface area contributed by atoms with E-state index in [9.17, 15) is 19.1 Å². The van der Waals surface area contributed by atoms with Crippen molar-refractivity contribution in [3.63, 3.8) is 0 Å². The lowest BCUT2D eigenvalue weighted by molar-refractivity contribution is 0.0695. The number of piperazine rings is 1. The number of carboxylic acids is 1. The van der Waals surface area contributed by atoms with E-state index >= 15 is 4.39 Å². The zero-order chi connectivity index (χ0) is 24.0. The molecule has 0 radical (unpaired) electrons. The second kappa shape index (κ2) is 8.49. The average molecular weight is 464 g/mol. The molecule has 0 saturated carbocycles. The summed E-state index contributed by atoms with van der Waals surface area (Å²) in [6.45, 7) is 3.94. The minimum Gasteiger partial charge on any atom is -0.477 e. The van der Waals surface area contributed by atoms with Crippen LogP contribution in [-0.4, -0.2) is 40.3 Å². The number of aromatic nitrogens is 2. The first-order valence-corrected chi connectivity index (χ1v) is 11.0. The van der Waals surface area contributed by atoms with Crippen molar-refractivity contribution in [3.8, 4) is 0 Å². The highest BCUT2D eigenvalue weighted by Crippen LogP contribution is 2.30. The standard InChI is InChI=1S/C25H22F2N4O3/c1-2-30-12-18(25(33)34)23(32)17-9-15-10-19(27)22(11-20(15)29-24(17)30)31-8-7-28-21(13-31)14-3-5-16(26)6-4-14/h3-6,9-12,21,28H,2,7-8,13H2,1H3,(H,33,34). The summed E-state index contributed by atoms with van der Waals surface area (Å²) in [4.78, 5) is 30.7. The van der Waals surface area contributed by atoms with Crippen LogP contribution in [0.5, 0.6) is 0 Å². The van der Waals surface area contributed by atoms with Crippen LogP contribution in [0.3, 0.4) is 0 Å². The number of fused-ring (bicyclic) bond motifs is 2. The predicted octanol–water partition coefficient (Wildman–Crippen LogP) is 3.70. The molecule has 9 heteroatoms. The minimum atomic E-state index is -1.31. The lowest BCUT2D eigenvalue weighted by atomic mass is 10.0. The highest BCUT2D eigenvalue weighted by atomic mass is 19.1. The summed E-state index contributed by atoms with van der Waals surface area (Å²) in [7, 11) is 0. The van der Waals surface area contributed by atoms with E-state index < -0.39 is 17.2 Å². The molecular formula is C25H22F2N4O3. The summed E-state index contributed by atoms with van der Waals surface area (Å²) in [5, 5.41) is 13.3. The second-order valence-corrected chi connectivity index (χ2v) is 8.32. The van der Waals surface area contributed by atoms with Crippen LogP contribution in [0, 0.1) is 11.6 Å². The number of aryl methyl sites for hydroxylation is 1. The maximum Gasteiger partial charge on any atom is 0.341 e. The Morgan fingerprint density at radius 3 is 2.68 bits per heavy atom. The second-order valence-electron chi connectivity index (χ2n) is 8.32. The van der Waals surface area contributed by atoms with Crippen molar-refractivity contribution in [1.29, 1.82) is 0 Å². The maximum absolute atomic E-state index is 15.2. The summed E-state index contributed by atoms with van der Waals surface area (Å²) in [5.74, 6) is -2.08. The van der Waals surface area contributed by atoms with E-state index in [1.165, 1.54) is 30.5 Å².